The van der Waals surface area contributed by atoms with Crippen LogP contribution in [0.5, 0.6) is 0 Å². The van der Waals surface area contributed by atoms with Crippen LogP contribution >= 0.6 is 11.6 Å². The van der Waals surface area contributed by atoms with Gasteiger partial charge in [-0.25, -0.2) is 0 Å². The van der Waals surface area contributed by atoms with Crippen molar-refractivity contribution in [1.29, 1.82) is 0 Å². The van der Waals surface area contributed by atoms with Crippen LogP contribution in [0.1, 0.15) is 47.4 Å². The van der Waals surface area contributed by atoms with Gasteiger partial charge >= 0.3 is 0 Å². The first-order chi connectivity index (χ1) is 8.56. The minimum absolute atomic E-state index is 0.0898. The van der Waals surface area contributed by atoms with Crippen molar-refractivity contribution < 1.29 is 4.79 Å². The fraction of sp³-hybridized carbons (Fsp3) is 0.615. The summed E-state index contributed by atoms with van der Waals surface area (Å²) >= 11 is 6.02. The Bertz CT molecular complexity index is 456. The van der Waals surface area contributed by atoms with E-state index in [1.165, 1.54) is 0 Å². The summed E-state index contributed by atoms with van der Waals surface area (Å²) in [5.41, 5.74) is 1.76. The highest BCUT2D eigenvalue weighted by atomic mass is 35.5. The third-order valence-corrected chi connectivity index (χ3v) is 4.05. The highest BCUT2D eigenvalue weighted by molar-refractivity contribution is 6.19. The second-order valence-electron chi connectivity index (χ2n) is 5.06. The Hall–Kier alpha value is -1.16. The molecule has 2 rings (SSSR count). The number of hydrogen-bond acceptors (Lipinski definition) is 3. The quantitative estimate of drug-likeness (QED) is 0.856. The van der Waals surface area contributed by atoms with Crippen LogP contribution in [-0.4, -0.2) is 27.5 Å². The summed E-state index contributed by atoms with van der Waals surface area (Å²) in [5.74, 6) is 0.378. The van der Waals surface area contributed by atoms with Gasteiger partial charge in [-0.2, -0.15) is 10.2 Å². The van der Waals surface area contributed by atoms with Crippen molar-refractivity contribution in [2.24, 2.45) is 0 Å². The van der Waals surface area contributed by atoms with Gasteiger partial charge in [0.05, 0.1) is 22.5 Å². The number of rotatable bonds is 3. The van der Waals surface area contributed by atoms with Crippen LogP contribution < -0.4 is 5.32 Å². The molecule has 0 unspecified atom stereocenters. The lowest BCUT2D eigenvalue weighted by atomic mass is 9.99. The minimum Gasteiger partial charge on any atom is -0.345 e. The van der Waals surface area contributed by atoms with E-state index in [9.17, 15) is 4.79 Å². The second kappa shape index (κ2) is 5.22. The fourth-order valence-electron chi connectivity index (χ4n) is 2.43. The molecule has 0 saturated heterocycles. The minimum atomic E-state index is -0.234. The summed E-state index contributed by atoms with van der Waals surface area (Å²) < 4.78 is 0. The van der Waals surface area contributed by atoms with Gasteiger partial charge in [0.1, 0.15) is 0 Å². The van der Waals surface area contributed by atoms with Gasteiger partial charge in [0, 0.05) is 5.88 Å². The second-order valence-corrected chi connectivity index (χ2v) is 5.33. The molecule has 0 spiro atoms. The Balaban J connectivity index is 2.18. The number of nitrogens with zero attached hydrogens (tertiary/aromatic N) is 2. The molecule has 0 aliphatic heterocycles. The Labute approximate surface area is 112 Å². The van der Waals surface area contributed by atoms with Crippen molar-refractivity contribution in [1.82, 2.24) is 15.5 Å². The molecule has 1 aromatic rings. The maximum Gasteiger partial charge on any atom is 0.253 e. The molecule has 0 aromatic carbocycles. The standard InChI is InChI=1S/C13H18ClN3O/c1-9-7-11(10(2)17-16-9)12(18)15-13(8-14)5-3-4-6-13/h7H,3-6,8H2,1-2H3,(H,15,18). The molecular formula is C13H18ClN3O. The predicted octanol–water partition coefficient (Wildman–Crippen LogP) is 2.37. The van der Waals surface area contributed by atoms with Crippen molar-refractivity contribution >= 4 is 17.5 Å². The normalized spacial score (nSPS) is 17.7. The highest BCUT2D eigenvalue weighted by Crippen LogP contribution is 2.31. The topological polar surface area (TPSA) is 54.9 Å². The lowest BCUT2D eigenvalue weighted by molar-refractivity contribution is 0.0908. The number of carbonyl (C=O) groups is 1. The molecule has 1 aliphatic carbocycles. The molecule has 0 radical (unpaired) electrons. The monoisotopic (exact) mass is 267 g/mol. The summed E-state index contributed by atoms with van der Waals surface area (Å²) in [6.45, 7) is 3.62. The Kier molecular flexibility index (Phi) is 3.85. The number of aryl methyl sites for hydroxylation is 2. The smallest absolute Gasteiger partial charge is 0.253 e. The first-order valence-corrected chi connectivity index (χ1v) is 6.79. The third-order valence-electron chi connectivity index (χ3n) is 3.54. The van der Waals surface area contributed by atoms with Crippen molar-refractivity contribution in [2.75, 3.05) is 5.88 Å². The van der Waals surface area contributed by atoms with E-state index >= 15 is 0 Å². The summed E-state index contributed by atoms with van der Waals surface area (Å²) in [6.07, 6.45) is 4.16. The van der Waals surface area contributed by atoms with Crippen LogP contribution in [0.4, 0.5) is 0 Å². The van der Waals surface area contributed by atoms with Crippen molar-refractivity contribution in [3.8, 4) is 0 Å². The number of amides is 1. The maximum atomic E-state index is 12.3. The summed E-state index contributed by atoms with van der Waals surface area (Å²) in [5, 5.41) is 11.0. The number of aromatic nitrogens is 2. The number of hydrogen-bond donors (Lipinski definition) is 1. The van der Waals surface area contributed by atoms with Crippen molar-refractivity contribution in [3.63, 3.8) is 0 Å². The first kappa shape index (κ1) is 13.3. The van der Waals surface area contributed by atoms with E-state index in [1.807, 2.05) is 6.92 Å². The van der Waals surface area contributed by atoms with E-state index in [-0.39, 0.29) is 11.4 Å². The Morgan fingerprint density at radius 2 is 2.06 bits per heavy atom. The van der Waals surface area contributed by atoms with Gasteiger partial charge in [0.25, 0.3) is 5.91 Å². The lowest BCUT2D eigenvalue weighted by Crippen LogP contribution is -2.48. The molecule has 1 aromatic heterocycles. The van der Waals surface area contributed by atoms with Crippen LogP contribution in [0, 0.1) is 13.8 Å². The van der Waals surface area contributed by atoms with Gasteiger partial charge in [-0.05, 0) is 32.8 Å². The van der Waals surface area contributed by atoms with Gasteiger partial charge in [-0.15, -0.1) is 11.6 Å². The third kappa shape index (κ3) is 2.64. The molecule has 1 saturated carbocycles. The molecule has 1 heterocycles. The number of halogens is 1. The molecule has 0 bridgehead atoms. The van der Waals surface area contributed by atoms with Gasteiger partial charge in [0.2, 0.25) is 0 Å². The lowest BCUT2D eigenvalue weighted by Gasteiger charge is -2.28. The van der Waals surface area contributed by atoms with E-state index in [0.29, 0.717) is 17.1 Å². The summed E-state index contributed by atoms with van der Waals surface area (Å²) in [6, 6.07) is 1.77. The van der Waals surface area contributed by atoms with Crippen LogP contribution in [-0.2, 0) is 0 Å². The van der Waals surface area contributed by atoms with E-state index < -0.39 is 0 Å². The SMILES string of the molecule is Cc1cc(C(=O)NC2(CCl)CCCC2)c(C)nn1. The molecule has 0 atom stereocenters. The van der Waals surface area contributed by atoms with Crippen molar-refractivity contribution in [3.05, 3.63) is 23.0 Å². The van der Waals surface area contributed by atoms with Crippen LogP contribution in [0.2, 0.25) is 0 Å². The first-order valence-electron chi connectivity index (χ1n) is 6.26. The number of carbonyl (C=O) groups excluding carboxylic acids is 1. The zero-order valence-electron chi connectivity index (χ0n) is 10.8. The highest BCUT2D eigenvalue weighted by Gasteiger charge is 2.35. The summed E-state index contributed by atoms with van der Waals surface area (Å²) in [7, 11) is 0. The van der Waals surface area contributed by atoms with E-state index in [2.05, 4.69) is 15.5 Å². The van der Waals surface area contributed by atoms with Gasteiger partial charge in [-0.1, -0.05) is 12.8 Å². The van der Waals surface area contributed by atoms with Crippen LogP contribution in [0.25, 0.3) is 0 Å². The maximum absolute atomic E-state index is 12.3. The summed E-state index contributed by atoms with van der Waals surface area (Å²) in [4.78, 5) is 12.3. The average molecular weight is 268 g/mol. The molecule has 1 amide bonds. The zero-order valence-corrected chi connectivity index (χ0v) is 11.5. The molecule has 5 heteroatoms. The Morgan fingerprint density at radius 1 is 1.39 bits per heavy atom. The average Bonchev–Trinajstić information content (AvgIpc) is 2.81. The Morgan fingerprint density at radius 3 is 2.67 bits per heavy atom. The molecular weight excluding hydrogens is 250 g/mol. The molecule has 1 N–H and O–H groups in total. The molecule has 1 fully saturated rings. The van der Waals surface area contributed by atoms with E-state index in [4.69, 9.17) is 11.6 Å². The van der Waals surface area contributed by atoms with E-state index in [0.717, 1.165) is 31.4 Å². The van der Waals surface area contributed by atoms with Crippen LogP contribution in [0.3, 0.4) is 0 Å². The van der Waals surface area contributed by atoms with Crippen molar-refractivity contribution in [2.45, 2.75) is 45.1 Å². The van der Waals surface area contributed by atoms with Crippen LogP contribution in [0.15, 0.2) is 6.07 Å². The predicted molar refractivity (Wildman–Crippen MR) is 70.9 cm³/mol. The molecule has 98 valence electrons. The molecule has 4 nitrogen and oxygen atoms in total. The number of alkyl halides is 1. The zero-order chi connectivity index (χ0) is 13.2. The van der Waals surface area contributed by atoms with Gasteiger partial charge in [0.15, 0.2) is 0 Å². The number of nitrogens with one attached hydrogen (secondary N) is 1. The molecule has 1 aliphatic rings. The molecule has 18 heavy (non-hydrogen) atoms. The largest absolute Gasteiger partial charge is 0.345 e. The van der Waals surface area contributed by atoms with Gasteiger partial charge < -0.3 is 5.32 Å². The van der Waals surface area contributed by atoms with Gasteiger partial charge in [-0.3, -0.25) is 4.79 Å². The fourth-order valence-corrected chi connectivity index (χ4v) is 2.77. The van der Waals surface area contributed by atoms with E-state index in [1.54, 1.807) is 13.0 Å².